The second-order valence-corrected chi connectivity index (χ2v) is 6.17. The average Bonchev–Trinajstić information content (AvgIpc) is 2.68. The molecule has 0 fully saturated rings. The highest BCUT2D eigenvalue weighted by molar-refractivity contribution is 5.79. The van der Waals surface area contributed by atoms with Crippen LogP contribution in [0.15, 0.2) is 23.2 Å². The molecule has 0 aliphatic carbocycles. The standard InChI is InChI=1S/C20H34N4O3/c1-6-9-12-24(4)20(22-8-3)23-14-16-10-11-17(18(13-16)26-5)27-15-19(25)21-7-2/h10-11,13H,6-9,12,14-15H2,1-5H3,(H,21,25)(H,22,23). The maximum absolute atomic E-state index is 11.6. The van der Waals surface area contributed by atoms with E-state index in [0.717, 1.165) is 37.5 Å². The van der Waals surface area contributed by atoms with Crippen molar-refractivity contribution in [3.63, 3.8) is 0 Å². The van der Waals surface area contributed by atoms with Crippen molar-refractivity contribution in [2.75, 3.05) is 40.4 Å². The minimum atomic E-state index is -0.154. The molecule has 7 heteroatoms. The molecular formula is C20H34N4O3. The highest BCUT2D eigenvalue weighted by atomic mass is 16.5. The molecule has 0 aromatic heterocycles. The molecule has 1 aromatic rings. The number of ether oxygens (including phenoxy) is 2. The van der Waals surface area contributed by atoms with E-state index in [0.29, 0.717) is 24.6 Å². The topological polar surface area (TPSA) is 75.2 Å². The summed E-state index contributed by atoms with van der Waals surface area (Å²) in [6.07, 6.45) is 2.28. The van der Waals surface area contributed by atoms with Crippen LogP contribution >= 0.6 is 0 Å². The second kappa shape index (κ2) is 12.8. The van der Waals surface area contributed by atoms with Crippen LogP contribution in [0, 0.1) is 0 Å². The Hall–Kier alpha value is -2.44. The number of likely N-dealkylation sites (N-methyl/N-ethyl adjacent to an activating group) is 1. The third-order valence-electron chi connectivity index (χ3n) is 3.92. The van der Waals surface area contributed by atoms with Crippen LogP contribution < -0.4 is 20.1 Å². The summed E-state index contributed by atoms with van der Waals surface area (Å²) in [5, 5.41) is 6.02. The van der Waals surface area contributed by atoms with E-state index in [4.69, 9.17) is 14.5 Å². The van der Waals surface area contributed by atoms with Crippen LogP contribution in [-0.2, 0) is 11.3 Å². The molecule has 0 saturated carbocycles. The SMILES string of the molecule is CCCCN(C)C(=NCc1ccc(OCC(=O)NCC)c(OC)c1)NCC. The Labute approximate surface area is 163 Å². The van der Waals surface area contributed by atoms with Gasteiger partial charge in [0.2, 0.25) is 0 Å². The Bertz CT molecular complexity index is 605. The molecular weight excluding hydrogens is 344 g/mol. The number of nitrogens with one attached hydrogen (secondary N) is 2. The van der Waals surface area contributed by atoms with Gasteiger partial charge in [0.25, 0.3) is 5.91 Å². The lowest BCUT2D eigenvalue weighted by atomic mass is 10.2. The number of nitrogens with zero attached hydrogens (tertiary/aromatic N) is 2. The molecule has 0 aliphatic rings. The van der Waals surface area contributed by atoms with E-state index in [9.17, 15) is 4.79 Å². The van der Waals surface area contributed by atoms with Gasteiger partial charge >= 0.3 is 0 Å². The molecule has 0 unspecified atom stereocenters. The Morgan fingerprint density at radius 1 is 1.15 bits per heavy atom. The van der Waals surface area contributed by atoms with Gasteiger partial charge < -0.3 is 25.0 Å². The van der Waals surface area contributed by atoms with Gasteiger partial charge in [-0.15, -0.1) is 0 Å². The summed E-state index contributed by atoms with van der Waals surface area (Å²) >= 11 is 0. The highest BCUT2D eigenvalue weighted by Gasteiger charge is 2.09. The zero-order valence-electron chi connectivity index (χ0n) is 17.3. The average molecular weight is 379 g/mol. The van der Waals surface area contributed by atoms with Crippen molar-refractivity contribution in [3.05, 3.63) is 23.8 Å². The number of hydrogen-bond donors (Lipinski definition) is 2. The van der Waals surface area contributed by atoms with E-state index >= 15 is 0 Å². The van der Waals surface area contributed by atoms with Crippen LogP contribution in [0.25, 0.3) is 0 Å². The summed E-state index contributed by atoms with van der Waals surface area (Å²) in [6, 6.07) is 5.65. The molecule has 2 N–H and O–H groups in total. The number of hydrogen-bond acceptors (Lipinski definition) is 4. The maximum atomic E-state index is 11.6. The number of carbonyl (C=O) groups is 1. The number of aliphatic imine (C=N–C) groups is 1. The van der Waals surface area contributed by atoms with Gasteiger partial charge in [-0.1, -0.05) is 19.4 Å². The molecule has 0 heterocycles. The lowest BCUT2D eigenvalue weighted by Gasteiger charge is -2.21. The molecule has 1 rings (SSSR count). The molecule has 0 spiro atoms. The van der Waals surface area contributed by atoms with Gasteiger partial charge in [-0.25, -0.2) is 4.99 Å². The van der Waals surface area contributed by atoms with Crippen molar-refractivity contribution >= 4 is 11.9 Å². The molecule has 0 radical (unpaired) electrons. The van der Waals surface area contributed by atoms with E-state index in [1.807, 2.05) is 25.1 Å². The summed E-state index contributed by atoms with van der Waals surface area (Å²) in [7, 11) is 3.64. The third kappa shape index (κ3) is 8.19. The van der Waals surface area contributed by atoms with Crippen LogP contribution in [0.2, 0.25) is 0 Å². The van der Waals surface area contributed by atoms with Crippen molar-refractivity contribution in [2.24, 2.45) is 4.99 Å². The first kappa shape index (κ1) is 22.6. The predicted molar refractivity (Wildman–Crippen MR) is 110 cm³/mol. The monoisotopic (exact) mass is 378 g/mol. The second-order valence-electron chi connectivity index (χ2n) is 6.17. The fourth-order valence-electron chi connectivity index (χ4n) is 2.46. The number of unbranched alkanes of at least 4 members (excludes halogenated alkanes) is 1. The van der Waals surface area contributed by atoms with Gasteiger partial charge in [0.15, 0.2) is 24.1 Å². The van der Waals surface area contributed by atoms with Crippen LogP contribution in [0.3, 0.4) is 0 Å². The molecule has 0 atom stereocenters. The number of amides is 1. The lowest BCUT2D eigenvalue weighted by Crippen LogP contribution is -2.39. The molecule has 152 valence electrons. The highest BCUT2D eigenvalue weighted by Crippen LogP contribution is 2.28. The summed E-state index contributed by atoms with van der Waals surface area (Å²) in [4.78, 5) is 18.4. The summed E-state index contributed by atoms with van der Waals surface area (Å²) in [6.45, 7) is 8.99. The van der Waals surface area contributed by atoms with E-state index in [1.165, 1.54) is 0 Å². The van der Waals surface area contributed by atoms with Crippen molar-refractivity contribution in [3.8, 4) is 11.5 Å². The van der Waals surface area contributed by atoms with Gasteiger partial charge in [-0.2, -0.15) is 0 Å². The van der Waals surface area contributed by atoms with Gasteiger partial charge in [-0.05, 0) is 38.0 Å². The Morgan fingerprint density at radius 3 is 2.52 bits per heavy atom. The maximum Gasteiger partial charge on any atom is 0.257 e. The first-order chi connectivity index (χ1) is 13.0. The van der Waals surface area contributed by atoms with Crippen LogP contribution in [0.1, 0.15) is 39.2 Å². The first-order valence-electron chi connectivity index (χ1n) is 9.61. The number of guanidine groups is 1. The van der Waals surface area contributed by atoms with E-state index in [1.54, 1.807) is 7.11 Å². The van der Waals surface area contributed by atoms with Crippen molar-refractivity contribution < 1.29 is 14.3 Å². The van der Waals surface area contributed by atoms with Crippen LogP contribution in [-0.4, -0.2) is 57.2 Å². The quantitative estimate of drug-likeness (QED) is 0.457. The molecule has 1 aromatic carbocycles. The normalized spacial score (nSPS) is 11.1. The van der Waals surface area contributed by atoms with E-state index in [2.05, 4.69) is 36.4 Å². The molecule has 27 heavy (non-hydrogen) atoms. The molecule has 7 nitrogen and oxygen atoms in total. The third-order valence-corrected chi connectivity index (χ3v) is 3.92. The zero-order valence-corrected chi connectivity index (χ0v) is 17.3. The van der Waals surface area contributed by atoms with E-state index < -0.39 is 0 Å². The van der Waals surface area contributed by atoms with Crippen LogP contribution in [0.4, 0.5) is 0 Å². The zero-order chi connectivity index (χ0) is 20.1. The van der Waals surface area contributed by atoms with Crippen molar-refractivity contribution in [1.29, 1.82) is 0 Å². The summed E-state index contributed by atoms with van der Waals surface area (Å²) in [5.74, 6) is 1.87. The van der Waals surface area contributed by atoms with Crippen molar-refractivity contribution in [1.82, 2.24) is 15.5 Å². The Balaban J connectivity index is 2.79. The van der Waals surface area contributed by atoms with Gasteiger partial charge in [0, 0.05) is 26.7 Å². The van der Waals surface area contributed by atoms with Gasteiger partial charge in [0.05, 0.1) is 13.7 Å². The smallest absolute Gasteiger partial charge is 0.257 e. The minimum absolute atomic E-state index is 0.0332. The summed E-state index contributed by atoms with van der Waals surface area (Å²) in [5.41, 5.74) is 1.01. The Morgan fingerprint density at radius 2 is 1.89 bits per heavy atom. The van der Waals surface area contributed by atoms with Gasteiger partial charge in [-0.3, -0.25) is 4.79 Å². The number of carbonyl (C=O) groups excluding carboxylic acids is 1. The number of rotatable bonds is 11. The fraction of sp³-hybridized carbons (Fsp3) is 0.600. The lowest BCUT2D eigenvalue weighted by molar-refractivity contribution is -0.123. The Kier molecular flexibility index (Phi) is 10.7. The number of methoxy groups -OCH3 is 1. The van der Waals surface area contributed by atoms with Crippen molar-refractivity contribution in [2.45, 2.75) is 40.2 Å². The molecule has 1 amide bonds. The largest absolute Gasteiger partial charge is 0.493 e. The van der Waals surface area contributed by atoms with E-state index in [-0.39, 0.29) is 12.5 Å². The number of benzene rings is 1. The minimum Gasteiger partial charge on any atom is -0.493 e. The first-order valence-corrected chi connectivity index (χ1v) is 9.61. The molecule has 0 aliphatic heterocycles. The summed E-state index contributed by atoms with van der Waals surface area (Å²) < 4.78 is 11.0. The van der Waals surface area contributed by atoms with Crippen LogP contribution in [0.5, 0.6) is 11.5 Å². The fourth-order valence-corrected chi connectivity index (χ4v) is 2.46. The predicted octanol–water partition coefficient (Wildman–Crippen LogP) is 2.41. The molecule has 0 saturated heterocycles. The molecule has 0 bridgehead atoms. The van der Waals surface area contributed by atoms with Gasteiger partial charge in [0.1, 0.15) is 0 Å².